The minimum absolute atomic E-state index is 0.0258. The van der Waals surface area contributed by atoms with Crippen molar-refractivity contribution >= 4 is 30.5 Å². The summed E-state index contributed by atoms with van der Waals surface area (Å²) in [5.74, 6) is 0.227. The molecule has 21 heteroatoms. The van der Waals surface area contributed by atoms with Crippen LogP contribution in [-0.4, -0.2) is 134 Å². The van der Waals surface area contributed by atoms with Gasteiger partial charge in [0.05, 0.1) is 32.8 Å². The van der Waals surface area contributed by atoms with Gasteiger partial charge in [0.2, 0.25) is 0 Å². The molecule has 0 amide bonds. The van der Waals surface area contributed by atoms with E-state index >= 15 is 0 Å². The zero-order valence-electron chi connectivity index (χ0n) is 25.6. The first-order valence-electron chi connectivity index (χ1n) is 15.1. The zero-order valence-corrected chi connectivity index (χ0v) is 26.5. The molecule has 47 heavy (non-hydrogen) atoms. The van der Waals surface area contributed by atoms with Crippen LogP contribution in [0, 0.1) is 0 Å². The fourth-order valence-corrected chi connectivity index (χ4v) is 7.34. The van der Waals surface area contributed by atoms with Crippen molar-refractivity contribution in [2.24, 2.45) is 0 Å². The average Bonchev–Trinajstić information content (AvgIpc) is 3.76. The van der Waals surface area contributed by atoms with Crippen molar-refractivity contribution < 1.29 is 42.8 Å². The van der Waals surface area contributed by atoms with Crippen LogP contribution in [0.25, 0.3) is 11.2 Å². The lowest BCUT2D eigenvalue weighted by atomic mass is 10.1. The Hall–Kier alpha value is -3.14. The fraction of sp³-hybridized carbons (Fsp3) is 0.654. The monoisotopic (exact) mass is 682 g/mol. The molecule has 20 nitrogen and oxygen atoms in total. The summed E-state index contributed by atoms with van der Waals surface area (Å²) in [6.07, 6.45) is -2.51. The highest BCUT2D eigenvalue weighted by Crippen LogP contribution is 2.49. The van der Waals surface area contributed by atoms with E-state index in [0.717, 1.165) is 4.57 Å². The number of aliphatic hydroxyl groups excluding tert-OH is 2. The molecule has 6 rings (SSSR count). The molecule has 3 saturated heterocycles. The maximum absolute atomic E-state index is 14.3. The standard InChI is InChI=1S/C26H39N10O10P/c1-41-22-21(38)17(45-25(22)35-4-2-18(27)33-26(35)39)12-43-47(40,32-3-5-34-6-8-42-9-7-34)46-15-10-19(44-16(15)11-37)36-14-31-20-23(28)29-13-30-24(20)36/h2,4,13-17,19,21-22,25,37-38H,3,5-12H2,1H3,(H,32,40)(H2,27,33,39)(H2,28,29,30). The van der Waals surface area contributed by atoms with Gasteiger partial charge in [-0.1, -0.05) is 0 Å². The van der Waals surface area contributed by atoms with Gasteiger partial charge in [-0.05, 0) is 6.07 Å². The molecule has 8 atom stereocenters. The van der Waals surface area contributed by atoms with Gasteiger partial charge in [-0.25, -0.2) is 29.4 Å². The second-order valence-corrected chi connectivity index (χ2v) is 13.0. The van der Waals surface area contributed by atoms with E-state index in [1.165, 1.54) is 32.0 Å². The van der Waals surface area contributed by atoms with Gasteiger partial charge in [0, 0.05) is 45.9 Å². The molecule has 258 valence electrons. The Morgan fingerprint density at radius 3 is 2.70 bits per heavy atom. The first-order valence-corrected chi connectivity index (χ1v) is 16.6. The van der Waals surface area contributed by atoms with E-state index in [-0.39, 0.29) is 24.6 Å². The number of aliphatic hydroxyl groups is 2. The molecule has 0 spiro atoms. The summed E-state index contributed by atoms with van der Waals surface area (Å²) >= 11 is 0. The summed E-state index contributed by atoms with van der Waals surface area (Å²) in [7, 11) is -2.80. The lowest BCUT2D eigenvalue weighted by Crippen LogP contribution is -2.40. The molecule has 3 fully saturated rings. The van der Waals surface area contributed by atoms with Gasteiger partial charge in [-0.15, -0.1) is 0 Å². The number of anilines is 2. The summed E-state index contributed by atoms with van der Waals surface area (Å²) in [6.45, 7) is 2.52. The molecular weight excluding hydrogens is 643 g/mol. The summed E-state index contributed by atoms with van der Waals surface area (Å²) in [5.41, 5.74) is 11.7. The van der Waals surface area contributed by atoms with E-state index in [2.05, 4.69) is 29.9 Å². The number of ether oxygens (including phenoxy) is 4. The molecule has 0 bridgehead atoms. The highest BCUT2D eigenvalue weighted by atomic mass is 31.2. The molecule has 3 aromatic rings. The number of nitrogens with two attached hydrogens (primary N) is 2. The SMILES string of the molecule is COC1C(O)C(COP(=O)(NCCN2CCOCC2)OC2CC(n3cnc4c(N)ncnc43)OC2CO)OC1n1ccc(N)nc1=O. The Labute approximate surface area is 268 Å². The Kier molecular flexibility index (Phi) is 10.4. The molecule has 3 aliphatic rings. The molecule has 0 aromatic carbocycles. The van der Waals surface area contributed by atoms with Crippen LogP contribution in [0.3, 0.4) is 0 Å². The number of hydrogen-bond donors (Lipinski definition) is 5. The lowest BCUT2D eigenvalue weighted by molar-refractivity contribution is -0.0633. The second kappa shape index (κ2) is 14.5. The van der Waals surface area contributed by atoms with Crippen LogP contribution in [0.15, 0.2) is 29.7 Å². The molecule has 0 radical (unpaired) electrons. The molecule has 8 unspecified atom stereocenters. The number of nitrogens with one attached hydrogen (secondary N) is 1. The number of rotatable bonds is 13. The molecule has 3 aliphatic heterocycles. The predicted octanol–water partition coefficient (Wildman–Crippen LogP) is -1.77. The number of fused-ring (bicyclic) bond motifs is 1. The molecule has 0 saturated carbocycles. The Morgan fingerprint density at radius 2 is 1.96 bits per heavy atom. The number of imidazole rings is 1. The Morgan fingerprint density at radius 1 is 1.15 bits per heavy atom. The number of morpholine rings is 1. The summed E-state index contributed by atoms with van der Waals surface area (Å²) in [6, 6.07) is 1.41. The van der Waals surface area contributed by atoms with Gasteiger partial charge in [-0.2, -0.15) is 4.98 Å². The number of hydrogen-bond acceptors (Lipinski definition) is 17. The van der Waals surface area contributed by atoms with Crippen LogP contribution >= 0.6 is 7.75 Å². The van der Waals surface area contributed by atoms with Crippen LogP contribution in [-0.2, 0) is 32.6 Å². The van der Waals surface area contributed by atoms with Gasteiger partial charge in [0.25, 0.3) is 0 Å². The summed E-state index contributed by atoms with van der Waals surface area (Å²) in [4.78, 5) is 30.8. The van der Waals surface area contributed by atoms with Crippen molar-refractivity contribution in [2.45, 2.75) is 49.4 Å². The van der Waals surface area contributed by atoms with Crippen LogP contribution < -0.4 is 22.2 Å². The molecule has 0 aliphatic carbocycles. The largest absolute Gasteiger partial charge is 0.406 e. The third-order valence-electron chi connectivity index (χ3n) is 8.29. The normalized spacial score (nSPS) is 29.8. The van der Waals surface area contributed by atoms with E-state index in [9.17, 15) is 19.6 Å². The molecule has 6 heterocycles. The predicted molar refractivity (Wildman–Crippen MR) is 163 cm³/mol. The highest BCUT2D eigenvalue weighted by Gasteiger charge is 2.48. The second-order valence-electron chi connectivity index (χ2n) is 11.2. The number of methoxy groups -OCH3 is 1. The quantitative estimate of drug-likeness (QED) is 0.125. The topological polar surface area (TPSA) is 259 Å². The van der Waals surface area contributed by atoms with Gasteiger partial charge in [-0.3, -0.25) is 23.1 Å². The molecular formula is C26H39N10O10P. The van der Waals surface area contributed by atoms with Crippen molar-refractivity contribution in [1.82, 2.24) is 39.1 Å². The molecule has 7 N–H and O–H groups in total. The smallest absolute Gasteiger partial charge is 0.394 e. The minimum atomic E-state index is -4.16. The highest BCUT2D eigenvalue weighted by molar-refractivity contribution is 7.51. The Balaban J connectivity index is 1.18. The maximum Gasteiger partial charge on any atom is 0.406 e. The van der Waals surface area contributed by atoms with E-state index in [0.29, 0.717) is 44.0 Å². The van der Waals surface area contributed by atoms with E-state index < -0.39 is 69.6 Å². The summed E-state index contributed by atoms with van der Waals surface area (Å²) in [5, 5.41) is 24.1. The van der Waals surface area contributed by atoms with Gasteiger partial charge in [0.15, 0.2) is 17.7 Å². The lowest BCUT2D eigenvalue weighted by Gasteiger charge is -2.29. The zero-order chi connectivity index (χ0) is 33.1. The van der Waals surface area contributed by atoms with E-state index in [1.807, 2.05) is 0 Å². The van der Waals surface area contributed by atoms with Crippen LogP contribution in [0.4, 0.5) is 11.6 Å². The average molecular weight is 683 g/mol. The first-order chi connectivity index (χ1) is 22.7. The van der Waals surface area contributed by atoms with Crippen LogP contribution in [0.5, 0.6) is 0 Å². The van der Waals surface area contributed by atoms with Gasteiger partial charge >= 0.3 is 13.4 Å². The van der Waals surface area contributed by atoms with Gasteiger partial charge < -0.3 is 40.6 Å². The number of nitrogens with zero attached hydrogens (tertiary/aromatic N) is 7. The van der Waals surface area contributed by atoms with E-state index in [1.54, 1.807) is 4.57 Å². The van der Waals surface area contributed by atoms with Crippen molar-refractivity contribution in [1.29, 1.82) is 0 Å². The van der Waals surface area contributed by atoms with Crippen LogP contribution in [0.1, 0.15) is 18.9 Å². The van der Waals surface area contributed by atoms with E-state index in [4.69, 9.17) is 39.5 Å². The van der Waals surface area contributed by atoms with Crippen molar-refractivity contribution in [3.63, 3.8) is 0 Å². The van der Waals surface area contributed by atoms with Crippen molar-refractivity contribution in [3.8, 4) is 0 Å². The third kappa shape index (κ3) is 7.32. The maximum atomic E-state index is 14.3. The fourth-order valence-electron chi connectivity index (χ4n) is 5.81. The van der Waals surface area contributed by atoms with Crippen molar-refractivity contribution in [3.05, 3.63) is 35.4 Å². The third-order valence-corrected chi connectivity index (χ3v) is 9.94. The Bertz CT molecular complexity index is 1620. The van der Waals surface area contributed by atoms with Gasteiger partial charge in [0.1, 0.15) is 54.4 Å². The number of aromatic nitrogens is 6. The number of nitrogen functional groups attached to an aromatic ring is 2. The minimum Gasteiger partial charge on any atom is -0.394 e. The van der Waals surface area contributed by atoms with Crippen molar-refractivity contribution in [2.75, 3.05) is 71.2 Å². The molecule has 3 aromatic heterocycles. The first kappa shape index (κ1) is 33.7. The van der Waals surface area contributed by atoms with Crippen LogP contribution in [0.2, 0.25) is 0 Å². The summed E-state index contributed by atoms with van der Waals surface area (Å²) < 4.78 is 52.0.